The first-order chi connectivity index (χ1) is 13.5. The number of benzene rings is 1. The number of halogens is 4. The highest BCUT2D eigenvalue weighted by Crippen LogP contribution is 2.34. The predicted octanol–water partition coefficient (Wildman–Crippen LogP) is 3.47. The van der Waals surface area contributed by atoms with Crippen LogP contribution >= 0.6 is 11.6 Å². The number of sulfonamides is 1. The summed E-state index contributed by atoms with van der Waals surface area (Å²) in [6.45, 7) is 2.08. The van der Waals surface area contributed by atoms with Gasteiger partial charge in [0.05, 0.1) is 15.5 Å². The minimum atomic E-state index is -4.54. The smallest absolute Gasteiger partial charge is 0.353 e. The van der Waals surface area contributed by atoms with Crippen LogP contribution < -0.4 is 4.90 Å². The van der Waals surface area contributed by atoms with Crippen molar-refractivity contribution in [2.75, 3.05) is 31.1 Å². The number of piperazine rings is 1. The maximum atomic E-state index is 12.8. The molecule has 156 valence electrons. The van der Waals surface area contributed by atoms with Crippen LogP contribution in [0.5, 0.6) is 0 Å². The van der Waals surface area contributed by atoms with E-state index in [9.17, 15) is 26.4 Å². The molecule has 1 aromatic heterocycles. The predicted molar refractivity (Wildman–Crippen MR) is 102 cm³/mol. The van der Waals surface area contributed by atoms with Gasteiger partial charge >= 0.3 is 6.18 Å². The second kappa shape index (κ2) is 7.92. The summed E-state index contributed by atoms with van der Waals surface area (Å²) in [4.78, 5) is 16.9. The molecule has 1 aliphatic rings. The lowest BCUT2D eigenvalue weighted by Crippen LogP contribution is -2.49. The Hall–Kier alpha value is -2.17. The number of carbonyl (C=O) groups is 1. The quantitative estimate of drug-likeness (QED) is 0.671. The summed E-state index contributed by atoms with van der Waals surface area (Å²) in [5.41, 5.74) is -0.529. The van der Waals surface area contributed by atoms with Crippen LogP contribution in [0.1, 0.15) is 22.8 Å². The summed E-state index contributed by atoms with van der Waals surface area (Å²) < 4.78 is 65.1. The molecule has 0 spiro atoms. The van der Waals surface area contributed by atoms with Gasteiger partial charge in [-0.2, -0.15) is 17.5 Å². The third kappa shape index (κ3) is 4.54. The third-order valence-corrected chi connectivity index (χ3v) is 6.78. The molecule has 11 heteroatoms. The van der Waals surface area contributed by atoms with Gasteiger partial charge in [-0.15, -0.1) is 0 Å². The van der Waals surface area contributed by atoms with Crippen LogP contribution in [0.25, 0.3) is 0 Å². The van der Waals surface area contributed by atoms with Gasteiger partial charge in [-0.05, 0) is 25.1 Å². The highest BCUT2D eigenvalue weighted by Gasteiger charge is 2.33. The first-order valence-corrected chi connectivity index (χ1v) is 10.4. The Labute approximate surface area is 170 Å². The lowest BCUT2D eigenvalue weighted by molar-refractivity contribution is -0.137. The van der Waals surface area contributed by atoms with E-state index in [1.807, 2.05) is 0 Å². The van der Waals surface area contributed by atoms with Gasteiger partial charge in [-0.1, -0.05) is 23.7 Å². The van der Waals surface area contributed by atoms with Gasteiger partial charge in [0, 0.05) is 37.9 Å². The number of ketones is 1. The molecular weight excluding hydrogens is 431 g/mol. The van der Waals surface area contributed by atoms with Crippen molar-refractivity contribution in [3.63, 3.8) is 0 Å². The van der Waals surface area contributed by atoms with E-state index >= 15 is 0 Å². The van der Waals surface area contributed by atoms with E-state index in [2.05, 4.69) is 4.98 Å². The number of anilines is 1. The highest BCUT2D eigenvalue weighted by molar-refractivity contribution is 7.89. The first-order valence-electron chi connectivity index (χ1n) is 8.59. The fourth-order valence-electron chi connectivity index (χ4n) is 2.97. The summed E-state index contributed by atoms with van der Waals surface area (Å²) in [5, 5.41) is -0.143. The normalized spacial score (nSPS) is 16.1. The van der Waals surface area contributed by atoms with Crippen LogP contribution in [0, 0.1) is 0 Å². The van der Waals surface area contributed by atoms with Crippen LogP contribution in [0.3, 0.4) is 0 Å². The zero-order chi connectivity index (χ0) is 21.4. The Balaban J connectivity index is 1.72. The Morgan fingerprint density at radius 2 is 1.69 bits per heavy atom. The number of carbonyl (C=O) groups excluding carboxylic acids is 1. The number of hydrogen-bond acceptors (Lipinski definition) is 5. The van der Waals surface area contributed by atoms with E-state index in [0.717, 1.165) is 6.07 Å². The molecule has 0 atom stereocenters. The summed E-state index contributed by atoms with van der Waals surface area (Å²) in [7, 11) is -3.75. The molecule has 1 fully saturated rings. The SMILES string of the molecule is CC(=O)c1ccc(S(=O)(=O)N2CCN(c3ncc(C(F)(F)F)cc3Cl)CC2)cc1. The van der Waals surface area contributed by atoms with Crippen molar-refractivity contribution in [1.82, 2.24) is 9.29 Å². The van der Waals surface area contributed by atoms with Crippen molar-refractivity contribution < 1.29 is 26.4 Å². The Bertz CT molecular complexity index is 1020. The van der Waals surface area contributed by atoms with E-state index in [4.69, 9.17) is 11.6 Å². The van der Waals surface area contributed by atoms with Gasteiger partial charge in [0.1, 0.15) is 5.82 Å². The van der Waals surface area contributed by atoms with E-state index in [1.54, 1.807) is 4.90 Å². The molecule has 1 saturated heterocycles. The third-order valence-electron chi connectivity index (χ3n) is 4.59. The maximum Gasteiger partial charge on any atom is 0.417 e. The van der Waals surface area contributed by atoms with Gasteiger partial charge in [0.2, 0.25) is 10.0 Å². The molecular formula is C18H17ClF3N3O3S. The molecule has 0 radical (unpaired) electrons. The number of alkyl halides is 3. The van der Waals surface area contributed by atoms with Crippen LogP contribution in [-0.2, 0) is 16.2 Å². The van der Waals surface area contributed by atoms with Gasteiger partial charge in [-0.25, -0.2) is 13.4 Å². The van der Waals surface area contributed by atoms with Crippen molar-refractivity contribution in [3.8, 4) is 0 Å². The average Bonchev–Trinajstić information content (AvgIpc) is 2.67. The largest absolute Gasteiger partial charge is 0.417 e. The van der Waals surface area contributed by atoms with Crippen LogP contribution in [0.15, 0.2) is 41.4 Å². The lowest BCUT2D eigenvalue weighted by atomic mass is 10.2. The monoisotopic (exact) mass is 447 g/mol. The van der Waals surface area contributed by atoms with E-state index in [-0.39, 0.29) is 47.7 Å². The number of pyridine rings is 1. The van der Waals surface area contributed by atoms with Crippen molar-refractivity contribution in [2.24, 2.45) is 0 Å². The van der Waals surface area contributed by atoms with Crippen LogP contribution in [0.2, 0.25) is 5.02 Å². The molecule has 0 N–H and O–H groups in total. The van der Waals surface area contributed by atoms with Gasteiger partial charge in [0.25, 0.3) is 0 Å². The number of nitrogens with zero attached hydrogens (tertiary/aromatic N) is 3. The molecule has 0 bridgehead atoms. The zero-order valence-corrected chi connectivity index (χ0v) is 16.9. The first kappa shape index (κ1) is 21.5. The molecule has 6 nitrogen and oxygen atoms in total. The maximum absolute atomic E-state index is 12.8. The molecule has 0 aliphatic carbocycles. The molecule has 1 aromatic carbocycles. The van der Waals surface area contributed by atoms with E-state index < -0.39 is 21.8 Å². The molecule has 29 heavy (non-hydrogen) atoms. The highest BCUT2D eigenvalue weighted by atomic mass is 35.5. The van der Waals surface area contributed by atoms with E-state index in [1.165, 1.54) is 35.5 Å². The van der Waals surface area contributed by atoms with Gasteiger partial charge < -0.3 is 4.90 Å². The fraction of sp³-hybridized carbons (Fsp3) is 0.333. The summed E-state index contributed by atoms with van der Waals surface area (Å²) in [6.07, 6.45) is -3.83. The fourth-order valence-corrected chi connectivity index (χ4v) is 4.68. The topological polar surface area (TPSA) is 70.6 Å². The summed E-state index contributed by atoms with van der Waals surface area (Å²) in [6, 6.07) is 6.48. The molecule has 0 saturated carbocycles. The van der Waals surface area contributed by atoms with Crippen LogP contribution in [-0.4, -0.2) is 49.7 Å². The van der Waals surface area contributed by atoms with Crippen molar-refractivity contribution in [1.29, 1.82) is 0 Å². The Morgan fingerprint density at radius 1 is 1.10 bits per heavy atom. The van der Waals surface area contributed by atoms with Crippen molar-refractivity contribution >= 4 is 33.2 Å². The summed E-state index contributed by atoms with van der Waals surface area (Å²) in [5.74, 6) is 0.0195. The number of aromatic nitrogens is 1. The van der Waals surface area contributed by atoms with Gasteiger partial charge in [-0.3, -0.25) is 4.79 Å². The second-order valence-corrected chi connectivity index (χ2v) is 8.84. The second-order valence-electron chi connectivity index (χ2n) is 6.50. The molecule has 0 unspecified atom stereocenters. The lowest BCUT2D eigenvalue weighted by Gasteiger charge is -2.35. The van der Waals surface area contributed by atoms with Crippen LogP contribution in [0.4, 0.5) is 19.0 Å². The molecule has 1 aliphatic heterocycles. The molecule has 2 heterocycles. The minimum absolute atomic E-state index is 0.0710. The molecule has 0 amide bonds. The standard InChI is InChI=1S/C18H17ClF3N3O3S/c1-12(26)13-2-4-15(5-3-13)29(27,28)25-8-6-24(7-9-25)17-16(19)10-14(11-23-17)18(20,21)22/h2-5,10-11H,6-9H2,1H3. The minimum Gasteiger partial charge on any atom is -0.353 e. The number of rotatable bonds is 4. The van der Waals surface area contributed by atoms with Crippen molar-refractivity contribution in [2.45, 2.75) is 18.0 Å². The Morgan fingerprint density at radius 3 is 2.17 bits per heavy atom. The zero-order valence-electron chi connectivity index (χ0n) is 15.3. The van der Waals surface area contributed by atoms with Crippen molar-refractivity contribution in [3.05, 3.63) is 52.7 Å². The molecule has 2 aromatic rings. The Kier molecular flexibility index (Phi) is 5.88. The number of hydrogen-bond donors (Lipinski definition) is 0. The summed E-state index contributed by atoms with van der Waals surface area (Å²) >= 11 is 5.97. The number of Topliss-reactive ketones (excluding diaryl/α,β-unsaturated/α-hetero) is 1. The van der Waals surface area contributed by atoms with Gasteiger partial charge in [0.15, 0.2) is 5.78 Å². The average molecular weight is 448 g/mol. The van der Waals surface area contributed by atoms with E-state index in [0.29, 0.717) is 11.8 Å². The molecule has 3 rings (SSSR count).